The second-order valence-electron chi connectivity index (χ2n) is 8.12. The summed E-state index contributed by atoms with van der Waals surface area (Å²) in [6.07, 6.45) is -0.435. The third-order valence-electron chi connectivity index (χ3n) is 5.62. The number of halogens is 5. The predicted octanol–water partition coefficient (Wildman–Crippen LogP) is 5.84. The van der Waals surface area contributed by atoms with Gasteiger partial charge >= 0.3 is 6.18 Å². The van der Waals surface area contributed by atoms with Gasteiger partial charge in [-0.05, 0) is 42.0 Å². The summed E-state index contributed by atoms with van der Waals surface area (Å²) in [5.74, 6) is -1.17. The normalized spacial score (nSPS) is 11.8. The van der Waals surface area contributed by atoms with E-state index in [1.54, 1.807) is 24.3 Å². The zero-order valence-corrected chi connectivity index (χ0v) is 19.1. The Morgan fingerprint density at radius 2 is 1.92 bits per heavy atom. The number of hydrogen-bond acceptors (Lipinski definition) is 4. The molecule has 5 aromatic rings. The molecular formula is C25H16ClF4N5O. The van der Waals surface area contributed by atoms with Crippen LogP contribution in [-0.2, 0) is 19.1 Å². The summed E-state index contributed by atoms with van der Waals surface area (Å²) >= 11 is 6.06. The maximum atomic E-state index is 14.3. The minimum atomic E-state index is -4.49. The lowest BCUT2D eigenvalue weighted by Gasteiger charge is -2.09. The van der Waals surface area contributed by atoms with Gasteiger partial charge in [-0.25, -0.2) is 4.98 Å². The Hall–Kier alpha value is -4.05. The fraction of sp³-hybridized carbons (Fsp3) is 0.120. The second-order valence-corrected chi connectivity index (χ2v) is 8.52. The molecule has 182 valence electrons. The number of carbonyl (C=O) groups is 1. The molecule has 0 saturated carbocycles. The molecule has 6 nitrogen and oxygen atoms in total. The quantitative estimate of drug-likeness (QED) is 0.228. The minimum Gasteiger partial charge on any atom is -0.348 e. The van der Waals surface area contributed by atoms with Crippen molar-refractivity contribution in [1.82, 2.24) is 25.3 Å². The van der Waals surface area contributed by atoms with E-state index in [0.29, 0.717) is 43.8 Å². The lowest BCUT2D eigenvalue weighted by Crippen LogP contribution is -2.23. The van der Waals surface area contributed by atoms with Crippen molar-refractivity contribution in [3.63, 3.8) is 0 Å². The molecule has 4 heterocycles. The molecule has 0 unspecified atom stereocenters. The van der Waals surface area contributed by atoms with Crippen LogP contribution in [0.25, 0.3) is 21.9 Å². The molecule has 1 aromatic carbocycles. The fourth-order valence-electron chi connectivity index (χ4n) is 3.81. The highest BCUT2D eigenvalue weighted by Gasteiger charge is 2.31. The van der Waals surface area contributed by atoms with Crippen molar-refractivity contribution in [2.24, 2.45) is 0 Å². The summed E-state index contributed by atoms with van der Waals surface area (Å²) in [7, 11) is 0. The number of carbonyl (C=O) groups excluding carboxylic acids is 1. The van der Waals surface area contributed by atoms with Crippen LogP contribution >= 0.6 is 11.6 Å². The van der Waals surface area contributed by atoms with Crippen molar-refractivity contribution >= 4 is 39.4 Å². The number of aromatic amines is 1. The zero-order valence-electron chi connectivity index (χ0n) is 18.3. The SMILES string of the molecule is O=C(NCc1cc2c(Cl)c[nH]c2nc1F)c1ccnc(Cc2ccc3ncc(C(F)(F)F)cc3c2)c1. The van der Waals surface area contributed by atoms with Crippen molar-refractivity contribution in [2.45, 2.75) is 19.1 Å². The van der Waals surface area contributed by atoms with Gasteiger partial charge in [0.2, 0.25) is 5.95 Å². The number of pyridine rings is 3. The van der Waals surface area contributed by atoms with E-state index in [-0.39, 0.29) is 18.5 Å². The van der Waals surface area contributed by atoms with Gasteiger partial charge in [0.05, 0.1) is 16.1 Å². The number of H-pyrrole nitrogens is 1. The zero-order chi connectivity index (χ0) is 25.4. The first kappa shape index (κ1) is 23.7. The van der Waals surface area contributed by atoms with Crippen molar-refractivity contribution in [2.75, 3.05) is 0 Å². The van der Waals surface area contributed by atoms with E-state index >= 15 is 0 Å². The molecular weight excluding hydrogens is 498 g/mol. The number of rotatable bonds is 5. The van der Waals surface area contributed by atoms with Gasteiger partial charge in [0, 0.05) is 59.1 Å². The Kier molecular flexibility index (Phi) is 6.05. The molecule has 0 aliphatic rings. The third kappa shape index (κ3) is 4.85. The van der Waals surface area contributed by atoms with E-state index in [9.17, 15) is 22.4 Å². The van der Waals surface area contributed by atoms with Gasteiger partial charge < -0.3 is 10.3 Å². The van der Waals surface area contributed by atoms with Crippen LogP contribution in [0.15, 0.2) is 61.1 Å². The molecule has 0 atom stereocenters. The predicted molar refractivity (Wildman–Crippen MR) is 126 cm³/mol. The summed E-state index contributed by atoms with van der Waals surface area (Å²) in [6, 6.07) is 10.7. The van der Waals surface area contributed by atoms with Gasteiger partial charge in [-0.1, -0.05) is 17.7 Å². The monoisotopic (exact) mass is 513 g/mol. The van der Waals surface area contributed by atoms with Crippen LogP contribution in [0.5, 0.6) is 0 Å². The van der Waals surface area contributed by atoms with Gasteiger partial charge in [-0.2, -0.15) is 17.6 Å². The number of aromatic nitrogens is 4. The maximum absolute atomic E-state index is 14.3. The van der Waals surface area contributed by atoms with Crippen LogP contribution in [-0.4, -0.2) is 25.8 Å². The van der Waals surface area contributed by atoms with Crippen LogP contribution in [0.2, 0.25) is 5.02 Å². The second kappa shape index (κ2) is 9.19. The molecule has 2 N–H and O–H groups in total. The Balaban J connectivity index is 1.31. The molecule has 4 aromatic heterocycles. The van der Waals surface area contributed by atoms with Crippen LogP contribution < -0.4 is 5.32 Å². The molecule has 11 heteroatoms. The average molecular weight is 514 g/mol. The first-order valence-corrected chi connectivity index (χ1v) is 11.1. The Morgan fingerprint density at radius 3 is 2.72 bits per heavy atom. The highest BCUT2D eigenvalue weighted by atomic mass is 35.5. The number of benzene rings is 1. The van der Waals surface area contributed by atoms with E-state index in [4.69, 9.17) is 11.6 Å². The lowest BCUT2D eigenvalue weighted by atomic mass is 10.0. The molecule has 0 saturated heterocycles. The average Bonchev–Trinajstić information content (AvgIpc) is 3.20. The van der Waals surface area contributed by atoms with Gasteiger partial charge in [-0.15, -0.1) is 0 Å². The Labute approximate surface area is 206 Å². The summed E-state index contributed by atoms with van der Waals surface area (Å²) in [4.78, 5) is 27.4. The molecule has 0 bridgehead atoms. The van der Waals surface area contributed by atoms with E-state index < -0.39 is 23.6 Å². The van der Waals surface area contributed by atoms with Crippen LogP contribution in [0, 0.1) is 5.95 Å². The first-order valence-electron chi connectivity index (χ1n) is 10.7. The van der Waals surface area contributed by atoms with Gasteiger partial charge in [0.25, 0.3) is 5.91 Å². The smallest absolute Gasteiger partial charge is 0.348 e. The number of alkyl halides is 3. The van der Waals surface area contributed by atoms with Crippen molar-refractivity contribution in [1.29, 1.82) is 0 Å². The highest BCUT2D eigenvalue weighted by molar-refractivity contribution is 6.35. The maximum Gasteiger partial charge on any atom is 0.417 e. The number of nitrogens with one attached hydrogen (secondary N) is 2. The van der Waals surface area contributed by atoms with Crippen molar-refractivity contribution in [3.8, 4) is 0 Å². The molecule has 1 amide bonds. The molecule has 36 heavy (non-hydrogen) atoms. The molecule has 0 aliphatic heterocycles. The largest absolute Gasteiger partial charge is 0.417 e. The molecule has 0 spiro atoms. The van der Waals surface area contributed by atoms with Gasteiger partial charge in [0.15, 0.2) is 0 Å². The number of fused-ring (bicyclic) bond motifs is 2. The topological polar surface area (TPSA) is 83.6 Å². The summed E-state index contributed by atoms with van der Waals surface area (Å²) < 4.78 is 53.4. The molecule has 0 radical (unpaired) electrons. The van der Waals surface area contributed by atoms with Gasteiger partial charge in [-0.3, -0.25) is 14.8 Å². The van der Waals surface area contributed by atoms with Crippen LogP contribution in [0.4, 0.5) is 17.6 Å². The first-order chi connectivity index (χ1) is 17.2. The Bertz CT molecular complexity index is 1620. The van der Waals surface area contributed by atoms with Crippen LogP contribution in [0.1, 0.15) is 32.7 Å². The highest BCUT2D eigenvalue weighted by Crippen LogP contribution is 2.31. The summed E-state index contributed by atoms with van der Waals surface area (Å²) in [6.45, 7) is -0.105. The number of hydrogen-bond donors (Lipinski definition) is 2. The van der Waals surface area contributed by atoms with Crippen molar-refractivity contribution in [3.05, 3.63) is 100.0 Å². The minimum absolute atomic E-state index is 0.105. The molecule has 0 fully saturated rings. The van der Waals surface area contributed by atoms with E-state index in [2.05, 4.69) is 25.3 Å². The summed E-state index contributed by atoms with van der Waals surface area (Å²) in [5.41, 5.74) is 1.65. The molecule has 0 aliphatic carbocycles. The fourth-order valence-corrected chi connectivity index (χ4v) is 4.01. The third-order valence-corrected chi connectivity index (χ3v) is 5.93. The summed E-state index contributed by atoms with van der Waals surface area (Å²) in [5, 5.41) is 3.94. The van der Waals surface area contributed by atoms with Crippen LogP contribution in [0.3, 0.4) is 0 Å². The van der Waals surface area contributed by atoms with Gasteiger partial charge in [0.1, 0.15) is 5.65 Å². The number of amides is 1. The number of nitrogens with zero attached hydrogens (tertiary/aromatic N) is 3. The Morgan fingerprint density at radius 1 is 1.08 bits per heavy atom. The van der Waals surface area contributed by atoms with E-state index in [1.165, 1.54) is 24.5 Å². The van der Waals surface area contributed by atoms with E-state index in [1.807, 2.05) is 0 Å². The van der Waals surface area contributed by atoms with Crippen molar-refractivity contribution < 1.29 is 22.4 Å². The molecule has 5 rings (SSSR count). The van der Waals surface area contributed by atoms with E-state index in [0.717, 1.165) is 12.3 Å². The standard InChI is InChI=1S/C25H16ClF4N5O/c26-20-12-33-23-19(20)9-16(22(27)35-23)10-34-24(36)14-3-4-31-18(8-14)6-13-1-2-21-15(5-13)7-17(11-32-21)25(28,29)30/h1-5,7-9,11-12H,6,10H2,(H,33,35)(H,34,36). The lowest BCUT2D eigenvalue weighted by molar-refractivity contribution is -0.137.